The number of carbonyl (C=O) groups excluding carboxylic acids is 1. The molecular weight excluding hydrogens is 471 g/mol. The lowest BCUT2D eigenvalue weighted by atomic mass is 10.1. The molecule has 2 aromatic carbocycles. The molecule has 4 rings (SSSR count). The van der Waals surface area contributed by atoms with E-state index < -0.39 is 17.6 Å². The van der Waals surface area contributed by atoms with Crippen LogP contribution in [-0.2, 0) is 12.6 Å². The molecule has 0 bridgehead atoms. The molecule has 184 valence electrons. The fourth-order valence-electron chi connectivity index (χ4n) is 3.42. The van der Waals surface area contributed by atoms with E-state index in [1.165, 1.54) is 31.6 Å². The Labute approximate surface area is 205 Å². The standard InChI is InChI=1S/C26H22F3N5O2/c1-4-22-31-15-32-23(33-22)20-9-6-12-30-24(20)36-21-13-17(11-10-16(21)2)25(35)34(3)19-8-5-7-18(14-19)26(27,28)29/h5-15H,4H2,1-3H3. The van der Waals surface area contributed by atoms with Crippen LogP contribution in [0.1, 0.15) is 34.2 Å². The van der Waals surface area contributed by atoms with Gasteiger partial charge in [0.05, 0.1) is 11.1 Å². The van der Waals surface area contributed by atoms with E-state index in [1.807, 2.05) is 6.92 Å². The summed E-state index contributed by atoms with van der Waals surface area (Å²) in [7, 11) is 1.42. The first kappa shape index (κ1) is 24.8. The summed E-state index contributed by atoms with van der Waals surface area (Å²) >= 11 is 0. The fraction of sp³-hybridized carbons (Fsp3) is 0.192. The van der Waals surface area contributed by atoms with Gasteiger partial charge >= 0.3 is 6.18 Å². The number of carbonyl (C=O) groups is 1. The number of aryl methyl sites for hydroxylation is 2. The van der Waals surface area contributed by atoms with Crippen LogP contribution >= 0.6 is 0 Å². The van der Waals surface area contributed by atoms with E-state index in [2.05, 4.69) is 19.9 Å². The quantitative estimate of drug-likeness (QED) is 0.333. The zero-order valence-electron chi connectivity index (χ0n) is 19.7. The van der Waals surface area contributed by atoms with E-state index in [4.69, 9.17) is 4.74 Å². The lowest BCUT2D eigenvalue weighted by molar-refractivity contribution is -0.137. The summed E-state index contributed by atoms with van der Waals surface area (Å²) in [5.74, 6) is 1.13. The molecule has 0 aliphatic heterocycles. The summed E-state index contributed by atoms with van der Waals surface area (Å²) in [6.45, 7) is 3.74. The van der Waals surface area contributed by atoms with Crippen LogP contribution < -0.4 is 9.64 Å². The number of nitrogens with zero attached hydrogens (tertiary/aromatic N) is 5. The smallest absolute Gasteiger partial charge is 0.416 e. The number of hydrogen-bond acceptors (Lipinski definition) is 6. The molecule has 10 heteroatoms. The molecule has 0 spiro atoms. The number of ether oxygens (including phenoxy) is 1. The molecule has 0 saturated heterocycles. The van der Waals surface area contributed by atoms with Gasteiger partial charge in [-0.2, -0.15) is 13.2 Å². The Morgan fingerprint density at radius 2 is 1.83 bits per heavy atom. The first-order valence-electron chi connectivity index (χ1n) is 11.0. The van der Waals surface area contributed by atoms with Gasteiger partial charge < -0.3 is 9.64 Å². The van der Waals surface area contributed by atoms with E-state index >= 15 is 0 Å². The van der Waals surface area contributed by atoms with Crippen LogP contribution in [0.5, 0.6) is 11.6 Å². The highest BCUT2D eigenvalue weighted by molar-refractivity contribution is 6.06. The zero-order valence-corrected chi connectivity index (χ0v) is 19.7. The largest absolute Gasteiger partial charge is 0.438 e. The highest BCUT2D eigenvalue weighted by atomic mass is 19.4. The minimum absolute atomic E-state index is 0.117. The van der Waals surface area contributed by atoms with Gasteiger partial charge in [-0.3, -0.25) is 4.79 Å². The molecule has 0 aliphatic carbocycles. The predicted octanol–water partition coefficient (Wildman–Crippen LogP) is 5.89. The Kier molecular flexibility index (Phi) is 6.96. The number of pyridine rings is 1. The number of anilines is 1. The Morgan fingerprint density at radius 1 is 1.03 bits per heavy atom. The zero-order chi connectivity index (χ0) is 25.9. The van der Waals surface area contributed by atoms with Crippen molar-refractivity contribution in [1.82, 2.24) is 19.9 Å². The van der Waals surface area contributed by atoms with Crippen LogP contribution in [0.25, 0.3) is 11.4 Å². The molecule has 0 aliphatic rings. The lowest BCUT2D eigenvalue weighted by Crippen LogP contribution is -2.26. The monoisotopic (exact) mass is 493 g/mol. The molecule has 0 unspecified atom stereocenters. The van der Waals surface area contributed by atoms with Gasteiger partial charge in [0.1, 0.15) is 17.9 Å². The Morgan fingerprint density at radius 3 is 2.58 bits per heavy atom. The Balaban J connectivity index is 1.64. The van der Waals surface area contributed by atoms with E-state index in [0.29, 0.717) is 29.4 Å². The molecule has 0 atom stereocenters. The average Bonchev–Trinajstić information content (AvgIpc) is 2.89. The second kappa shape index (κ2) is 10.1. The van der Waals surface area contributed by atoms with E-state index in [1.54, 1.807) is 37.4 Å². The molecule has 1 amide bonds. The molecule has 36 heavy (non-hydrogen) atoms. The second-order valence-electron chi connectivity index (χ2n) is 7.93. The van der Waals surface area contributed by atoms with Gasteiger partial charge in [0.15, 0.2) is 5.82 Å². The normalized spacial score (nSPS) is 11.3. The van der Waals surface area contributed by atoms with Gasteiger partial charge in [-0.15, -0.1) is 0 Å². The second-order valence-corrected chi connectivity index (χ2v) is 7.93. The summed E-state index contributed by atoms with van der Waals surface area (Å²) < 4.78 is 45.4. The fourth-order valence-corrected chi connectivity index (χ4v) is 3.42. The molecule has 0 saturated carbocycles. The minimum Gasteiger partial charge on any atom is -0.438 e. The number of benzene rings is 2. The molecule has 2 heterocycles. The number of aromatic nitrogens is 4. The number of hydrogen-bond donors (Lipinski definition) is 0. The van der Waals surface area contributed by atoms with Crippen molar-refractivity contribution >= 4 is 11.6 Å². The molecule has 7 nitrogen and oxygen atoms in total. The topological polar surface area (TPSA) is 81.1 Å². The summed E-state index contributed by atoms with van der Waals surface area (Å²) in [6, 6.07) is 12.9. The SMILES string of the molecule is CCc1ncnc(-c2cccnc2Oc2cc(C(=O)N(C)c3cccc(C(F)(F)F)c3)ccc2C)n1. The average molecular weight is 493 g/mol. The summed E-state index contributed by atoms with van der Waals surface area (Å²) in [5, 5.41) is 0. The van der Waals surface area contributed by atoms with Gasteiger partial charge in [-0.05, 0) is 55.0 Å². The maximum atomic E-state index is 13.1. The molecule has 0 fully saturated rings. The summed E-state index contributed by atoms with van der Waals surface area (Å²) in [4.78, 5) is 31.4. The Bertz CT molecular complexity index is 1410. The maximum absolute atomic E-state index is 13.1. The Hall–Kier alpha value is -4.34. The van der Waals surface area contributed by atoms with Crippen LogP contribution in [0, 0.1) is 6.92 Å². The van der Waals surface area contributed by atoms with Gasteiger partial charge in [-0.1, -0.05) is 19.1 Å². The number of amides is 1. The van der Waals surface area contributed by atoms with Crippen molar-refractivity contribution in [2.24, 2.45) is 0 Å². The first-order valence-corrected chi connectivity index (χ1v) is 11.0. The van der Waals surface area contributed by atoms with E-state index in [0.717, 1.165) is 22.6 Å². The number of alkyl halides is 3. The lowest BCUT2D eigenvalue weighted by Gasteiger charge is -2.20. The minimum atomic E-state index is -4.51. The van der Waals surface area contributed by atoms with Crippen molar-refractivity contribution in [3.8, 4) is 23.0 Å². The van der Waals surface area contributed by atoms with Gasteiger partial charge in [0.2, 0.25) is 5.88 Å². The van der Waals surface area contributed by atoms with Gasteiger partial charge in [0.25, 0.3) is 5.91 Å². The van der Waals surface area contributed by atoms with Crippen LogP contribution in [0.2, 0.25) is 0 Å². The molecule has 2 aromatic heterocycles. The van der Waals surface area contributed by atoms with Crippen LogP contribution in [-0.4, -0.2) is 32.9 Å². The highest BCUT2D eigenvalue weighted by Crippen LogP contribution is 2.33. The van der Waals surface area contributed by atoms with Gasteiger partial charge in [0, 0.05) is 30.9 Å². The van der Waals surface area contributed by atoms with Crippen LogP contribution in [0.3, 0.4) is 0 Å². The summed E-state index contributed by atoms with van der Waals surface area (Å²) in [5.41, 5.74) is 0.800. The molecular formula is C26H22F3N5O2. The van der Waals surface area contributed by atoms with Crippen molar-refractivity contribution < 1.29 is 22.7 Å². The van der Waals surface area contributed by atoms with E-state index in [9.17, 15) is 18.0 Å². The van der Waals surface area contributed by atoms with Crippen molar-refractivity contribution in [2.45, 2.75) is 26.4 Å². The van der Waals surface area contributed by atoms with E-state index in [-0.39, 0.29) is 17.1 Å². The molecule has 0 radical (unpaired) electrons. The van der Waals surface area contributed by atoms with Crippen LogP contribution in [0.15, 0.2) is 67.1 Å². The van der Waals surface area contributed by atoms with Crippen molar-refractivity contribution in [3.63, 3.8) is 0 Å². The first-order chi connectivity index (χ1) is 17.2. The third-order valence-electron chi connectivity index (χ3n) is 5.46. The third kappa shape index (κ3) is 5.32. The van der Waals surface area contributed by atoms with Crippen molar-refractivity contribution in [3.05, 3.63) is 89.6 Å². The van der Waals surface area contributed by atoms with Crippen molar-refractivity contribution in [1.29, 1.82) is 0 Å². The van der Waals surface area contributed by atoms with Crippen LogP contribution in [0.4, 0.5) is 18.9 Å². The third-order valence-corrected chi connectivity index (χ3v) is 5.46. The maximum Gasteiger partial charge on any atom is 0.416 e. The summed E-state index contributed by atoms with van der Waals surface area (Å²) in [6.07, 6.45) is -0.894. The number of halogens is 3. The predicted molar refractivity (Wildman–Crippen MR) is 128 cm³/mol. The number of rotatable bonds is 6. The highest BCUT2D eigenvalue weighted by Gasteiger charge is 2.31. The van der Waals surface area contributed by atoms with Crippen molar-refractivity contribution in [2.75, 3.05) is 11.9 Å². The molecule has 0 N–H and O–H groups in total. The molecule has 4 aromatic rings. The van der Waals surface area contributed by atoms with Gasteiger partial charge in [-0.25, -0.2) is 19.9 Å².